The second-order valence-corrected chi connectivity index (χ2v) is 6.08. The Kier molecular flexibility index (Phi) is 3.84. The zero-order chi connectivity index (χ0) is 15.9. The lowest BCUT2D eigenvalue weighted by Crippen LogP contribution is -2.38. The van der Waals surface area contributed by atoms with Crippen LogP contribution in [0, 0.1) is 11.8 Å². The fourth-order valence-electron chi connectivity index (χ4n) is 3.46. The number of carbonyl (C=O) groups is 2. The number of piperidine rings is 1. The first-order chi connectivity index (χ1) is 10.5. The van der Waals surface area contributed by atoms with Crippen LogP contribution in [-0.4, -0.2) is 46.5 Å². The van der Waals surface area contributed by atoms with Crippen LogP contribution in [-0.2, 0) is 4.79 Å². The number of nitrogens with zero attached hydrogens (tertiary/aromatic N) is 2. The zero-order valence-electron chi connectivity index (χ0n) is 12.2. The van der Waals surface area contributed by atoms with Crippen molar-refractivity contribution in [1.29, 1.82) is 0 Å². The van der Waals surface area contributed by atoms with Gasteiger partial charge < -0.3 is 10.2 Å². The minimum absolute atomic E-state index is 0.00173. The molecule has 0 radical (unpaired) electrons. The molecule has 120 valence electrons. The molecule has 2 fully saturated rings. The van der Waals surface area contributed by atoms with Crippen molar-refractivity contribution in [2.75, 3.05) is 13.6 Å². The van der Waals surface area contributed by atoms with Gasteiger partial charge in [0.05, 0.1) is 0 Å². The highest BCUT2D eigenvalue weighted by atomic mass is 19.3. The summed E-state index contributed by atoms with van der Waals surface area (Å²) in [5, 5.41) is 8.70. The van der Waals surface area contributed by atoms with Crippen LogP contribution in [0.25, 0.3) is 0 Å². The number of rotatable bonds is 3. The van der Waals surface area contributed by atoms with E-state index in [4.69, 9.17) is 0 Å². The SMILES string of the molecule is CN(C(=O)c1cc(C(F)F)[nH]n1)[C@H]1C[C@H]2CC(=O)NC[C@H]2C1. The van der Waals surface area contributed by atoms with Crippen molar-refractivity contribution >= 4 is 11.8 Å². The normalized spacial score (nSPS) is 27.6. The second kappa shape index (κ2) is 5.66. The summed E-state index contributed by atoms with van der Waals surface area (Å²) in [7, 11) is 1.66. The van der Waals surface area contributed by atoms with Gasteiger partial charge in [-0.3, -0.25) is 14.7 Å². The molecule has 3 atom stereocenters. The number of hydrogen-bond acceptors (Lipinski definition) is 3. The van der Waals surface area contributed by atoms with Crippen molar-refractivity contribution in [1.82, 2.24) is 20.4 Å². The van der Waals surface area contributed by atoms with Gasteiger partial charge in [0, 0.05) is 26.1 Å². The average Bonchev–Trinajstić information content (AvgIpc) is 3.11. The van der Waals surface area contributed by atoms with E-state index in [9.17, 15) is 18.4 Å². The van der Waals surface area contributed by atoms with Crippen molar-refractivity contribution in [3.05, 3.63) is 17.5 Å². The van der Waals surface area contributed by atoms with Gasteiger partial charge in [-0.15, -0.1) is 0 Å². The number of fused-ring (bicyclic) bond motifs is 1. The number of aromatic nitrogens is 2. The summed E-state index contributed by atoms with van der Waals surface area (Å²) in [4.78, 5) is 25.3. The summed E-state index contributed by atoms with van der Waals surface area (Å²) in [5.41, 5.74) is -0.353. The number of carbonyl (C=O) groups excluding carboxylic acids is 2. The summed E-state index contributed by atoms with van der Waals surface area (Å²) in [6, 6.07) is 1.11. The van der Waals surface area contributed by atoms with Gasteiger partial charge in [-0.25, -0.2) is 8.78 Å². The van der Waals surface area contributed by atoms with Crippen LogP contribution in [0.2, 0.25) is 0 Å². The molecular formula is C14H18F2N4O2. The Morgan fingerprint density at radius 3 is 2.82 bits per heavy atom. The molecule has 0 aromatic carbocycles. The summed E-state index contributed by atoms with van der Waals surface area (Å²) in [6.45, 7) is 0.653. The third-order valence-corrected chi connectivity index (χ3v) is 4.75. The van der Waals surface area contributed by atoms with E-state index in [0.717, 1.165) is 18.9 Å². The van der Waals surface area contributed by atoms with Gasteiger partial charge in [-0.05, 0) is 30.7 Å². The molecule has 6 nitrogen and oxygen atoms in total. The molecule has 1 aromatic rings. The first-order valence-electron chi connectivity index (χ1n) is 7.33. The molecule has 1 aliphatic carbocycles. The molecular weight excluding hydrogens is 294 g/mol. The third kappa shape index (κ3) is 2.69. The fraction of sp³-hybridized carbons (Fsp3) is 0.643. The highest BCUT2D eigenvalue weighted by Crippen LogP contribution is 2.38. The van der Waals surface area contributed by atoms with E-state index in [2.05, 4.69) is 15.5 Å². The largest absolute Gasteiger partial charge is 0.356 e. The molecule has 3 rings (SSSR count). The lowest BCUT2D eigenvalue weighted by molar-refractivity contribution is -0.124. The van der Waals surface area contributed by atoms with Gasteiger partial charge >= 0.3 is 0 Å². The Labute approximate surface area is 126 Å². The average molecular weight is 312 g/mol. The van der Waals surface area contributed by atoms with Crippen LogP contribution >= 0.6 is 0 Å². The van der Waals surface area contributed by atoms with E-state index in [1.165, 1.54) is 0 Å². The van der Waals surface area contributed by atoms with E-state index in [-0.39, 0.29) is 29.2 Å². The summed E-state index contributed by atoms with van der Waals surface area (Å²) in [5.74, 6) is 0.370. The first-order valence-corrected chi connectivity index (χ1v) is 7.33. The highest BCUT2D eigenvalue weighted by Gasteiger charge is 2.41. The Morgan fingerprint density at radius 1 is 1.41 bits per heavy atom. The number of aromatic amines is 1. The number of nitrogens with one attached hydrogen (secondary N) is 2. The van der Waals surface area contributed by atoms with Crippen molar-refractivity contribution in [2.24, 2.45) is 11.8 Å². The maximum absolute atomic E-state index is 12.5. The van der Waals surface area contributed by atoms with Crippen molar-refractivity contribution in [2.45, 2.75) is 31.7 Å². The molecule has 1 saturated heterocycles. The topological polar surface area (TPSA) is 78.1 Å². The van der Waals surface area contributed by atoms with Crippen molar-refractivity contribution < 1.29 is 18.4 Å². The Balaban J connectivity index is 1.67. The van der Waals surface area contributed by atoms with Gasteiger partial charge in [0.1, 0.15) is 5.69 Å². The van der Waals surface area contributed by atoms with Gasteiger partial charge in [-0.2, -0.15) is 5.10 Å². The predicted octanol–water partition coefficient (Wildman–Crippen LogP) is 1.33. The number of halogens is 2. The quantitative estimate of drug-likeness (QED) is 0.884. The summed E-state index contributed by atoms with van der Waals surface area (Å²) >= 11 is 0. The molecule has 0 unspecified atom stereocenters. The Morgan fingerprint density at radius 2 is 2.14 bits per heavy atom. The Bertz CT molecular complexity index is 589. The van der Waals surface area contributed by atoms with Gasteiger partial charge in [0.15, 0.2) is 5.69 Å². The number of amides is 2. The molecule has 2 N–H and O–H groups in total. The van der Waals surface area contributed by atoms with Crippen LogP contribution in [0.4, 0.5) is 8.78 Å². The van der Waals surface area contributed by atoms with E-state index in [1.54, 1.807) is 11.9 Å². The molecule has 2 amide bonds. The molecule has 22 heavy (non-hydrogen) atoms. The molecule has 1 aromatic heterocycles. The highest BCUT2D eigenvalue weighted by molar-refractivity contribution is 5.92. The van der Waals surface area contributed by atoms with Crippen molar-refractivity contribution in [3.63, 3.8) is 0 Å². The van der Waals surface area contributed by atoms with E-state index >= 15 is 0 Å². The molecule has 1 aliphatic heterocycles. The number of hydrogen-bond donors (Lipinski definition) is 2. The van der Waals surface area contributed by atoms with Crippen LogP contribution in [0.5, 0.6) is 0 Å². The summed E-state index contributed by atoms with van der Waals surface area (Å²) in [6.07, 6.45) is -0.585. The van der Waals surface area contributed by atoms with Gasteiger partial charge in [-0.1, -0.05) is 0 Å². The van der Waals surface area contributed by atoms with E-state index in [1.807, 2.05) is 0 Å². The van der Waals surface area contributed by atoms with Gasteiger partial charge in [0.25, 0.3) is 12.3 Å². The zero-order valence-corrected chi connectivity index (χ0v) is 12.2. The third-order valence-electron chi connectivity index (χ3n) is 4.75. The molecule has 8 heteroatoms. The second-order valence-electron chi connectivity index (χ2n) is 6.08. The lowest BCUT2D eigenvalue weighted by atomic mass is 9.89. The molecule has 1 saturated carbocycles. The minimum atomic E-state index is -2.68. The number of H-pyrrole nitrogens is 1. The lowest BCUT2D eigenvalue weighted by Gasteiger charge is -2.24. The van der Waals surface area contributed by atoms with E-state index in [0.29, 0.717) is 24.8 Å². The number of alkyl halides is 2. The molecule has 2 heterocycles. The van der Waals surface area contributed by atoms with Crippen LogP contribution in [0.1, 0.15) is 41.9 Å². The van der Waals surface area contributed by atoms with E-state index < -0.39 is 6.43 Å². The molecule has 0 bridgehead atoms. The monoisotopic (exact) mass is 312 g/mol. The van der Waals surface area contributed by atoms with Crippen molar-refractivity contribution in [3.8, 4) is 0 Å². The minimum Gasteiger partial charge on any atom is -0.356 e. The first kappa shape index (κ1) is 14.9. The van der Waals surface area contributed by atoms with Crippen LogP contribution in [0.3, 0.4) is 0 Å². The maximum Gasteiger partial charge on any atom is 0.279 e. The Hall–Kier alpha value is -1.99. The molecule has 0 spiro atoms. The standard InChI is InChI=1S/C14H18F2N4O2/c1-20(14(22)11-5-10(13(15)16)18-19-11)9-2-7-4-12(21)17-6-8(7)3-9/h5,7-9,13H,2-4,6H2,1H3,(H,17,21)(H,18,19)/t7-,8+,9-/m0/s1. The summed E-state index contributed by atoms with van der Waals surface area (Å²) < 4.78 is 25.1. The molecule has 2 aliphatic rings. The fourth-order valence-corrected chi connectivity index (χ4v) is 3.46. The van der Waals surface area contributed by atoms with Crippen LogP contribution < -0.4 is 5.32 Å². The van der Waals surface area contributed by atoms with Crippen LogP contribution in [0.15, 0.2) is 6.07 Å². The predicted molar refractivity (Wildman–Crippen MR) is 73.3 cm³/mol. The van der Waals surface area contributed by atoms with Gasteiger partial charge in [0.2, 0.25) is 5.91 Å². The maximum atomic E-state index is 12.5. The smallest absolute Gasteiger partial charge is 0.279 e.